The van der Waals surface area contributed by atoms with Crippen LogP contribution in [0.2, 0.25) is 5.02 Å². The van der Waals surface area contributed by atoms with E-state index in [9.17, 15) is 23.1 Å². The fourth-order valence-corrected chi connectivity index (χ4v) is 5.95. The number of methoxy groups -OCH3 is 2. The van der Waals surface area contributed by atoms with Gasteiger partial charge in [-0.3, -0.25) is 19.6 Å². The largest absolute Gasteiger partial charge is 0.507 e. The number of hydrogen-bond donors (Lipinski definition) is 1. The molecular weight excluding hydrogens is 604 g/mol. The number of allylic oxidation sites excluding steroid dienone is 1. The molecule has 0 amide bonds. The molecule has 1 spiro atoms. The molecule has 1 unspecified atom stereocenters. The summed E-state index contributed by atoms with van der Waals surface area (Å²) in [6.07, 6.45) is 3.44. The number of aliphatic imine (C=N–C) groups is 1. The number of nitrogens with zero attached hydrogens (tertiary/aromatic N) is 4. The zero-order valence-corrected chi connectivity index (χ0v) is 25.1. The fourth-order valence-electron chi connectivity index (χ4n) is 5.03. The van der Waals surface area contributed by atoms with Gasteiger partial charge in [0.25, 0.3) is 5.89 Å². The van der Waals surface area contributed by atoms with Crippen molar-refractivity contribution in [2.75, 3.05) is 26.2 Å². The van der Waals surface area contributed by atoms with E-state index in [4.69, 9.17) is 30.3 Å². The van der Waals surface area contributed by atoms with Gasteiger partial charge < -0.3 is 23.8 Å². The Morgan fingerprint density at radius 2 is 2.00 bits per heavy atom. The number of ether oxygens (including phenoxy) is 3. The van der Waals surface area contributed by atoms with Crippen molar-refractivity contribution in [3.8, 4) is 28.8 Å². The van der Waals surface area contributed by atoms with E-state index in [-0.39, 0.29) is 63.7 Å². The number of rotatable bonds is 9. The highest BCUT2D eigenvalue weighted by Crippen LogP contribution is 2.54. The average Bonchev–Trinajstić information content (AvgIpc) is 3.58. The normalized spacial score (nSPS) is 20.9. The van der Waals surface area contributed by atoms with Gasteiger partial charge in [-0.2, -0.15) is 4.98 Å². The van der Waals surface area contributed by atoms with E-state index in [2.05, 4.69) is 20.1 Å². The monoisotopic (exact) mass is 630 g/mol. The molecule has 2 aliphatic rings. The summed E-state index contributed by atoms with van der Waals surface area (Å²) in [5.74, 6) is -2.54. The van der Waals surface area contributed by atoms with Crippen LogP contribution in [0, 0.1) is 5.92 Å². The van der Waals surface area contributed by atoms with E-state index in [1.54, 1.807) is 31.3 Å². The smallest absolute Gasteiger partial charge is 0.251 e. The van der Waals surface area contributed by atoms with Gasteiger partial charge in [0.15, 0.2) is 17.3 Å². The van der Waals surface area contributed by atoms with E-state index in [1.807, 2.05) is 0 Å². The van der Waals surface area contributed by atoms with E-state index in [0.29, 0.717) is 5.69 Å². The fraction of sp³-hybridized carbons (Fsp3) is 0.357. The molecule has 0 fully saturated rings. The van der Waals surface area contributed by atoms with E-state index >= 15 is 0 Å². The lowest BCUT2D eigenvalue weighted by atomic mass is 9.73. The van der Waals surface area contributed by atoms with Crippen LogP contribution >= 0.6 is 11.6 Å². The number of halogens is 1. The quantitative estimate of drug-likeness (QED) is 0.338. The summed E-state index contributed by atoms with van der Waals surface area (Å²) >= 11 is 6.47. The number of fused-ring (bicyclic) bond motifs is 1. The first-order valence-electron chi connectivity index (χ1n) is 13.0. The van der Waals surface area contributed by atoms with Gasteiger partial charge in [-0.25, -0.2) is 8.42 Å². The Kier molecular flexibility index (Phi) is 8.01. The molecule has 1 aliphatic heterocycles. The zero-order valence-electron chi connectivity index (χ0n) is 23.5. The van der Waals surface area contributed by atoms with E-state index < -0.39 is 44.7 Å². The third-order valence-corrected chi connectivity index (χ3v) is 8.61. The molecule has 3 aromatic rings. The second-order valence-electron chi connectivity index (χ2n) is 10.1. The van der Waals surface area contributed by atoms with Crippen LogP contribution in [0.3, 0.4) is 0 Å². The maximum atomic E-state index is 13.9. The van der Waals surface area contributed by atoms with Crippen LogP contribution in [-0.4, -0.2) is 78.3 Å². The maximum absolute atomic E-state index is 13.9. The van der Waals surface area contributed by atoms with Crippen molar-refractivity contribution in [2.24, 2.45) is 10.9 Å². The number of aromatic nitrogens is 3. The predicted octanol–water partition coefficient (Wildman–Crippen LogP) is 3.78. The number of aliphatic hydroxyl groups excluding tert-OH is 1. The highest BCUT2D eigenvalue weighted by Gasteiger charge is 2.60. The Morgan fingerprint density at radius 1 is 1.26 bits per heavy atom. The van der Waals surface area contributed by atoms with Crippen molar-refractivity contribution in [1.29, 1.82) is 0 Å². The first-order chi connectivity index (χ1) is 20.4. The summed E-state index contributed by atoms with van der Waals surface area (Å²) < 4.78 is 46.1. The third kappa shape index (κ3) is 5.36. The molecule has 3 atom stereocenters. The SMILES string of the molecule is COc1cc(OC)c2c(c1Cl)O[C@]1(C2=O)C(O)=C(C=NC(CCS(C)(=O)=O)c2nc(-c3ccccn3)no2)C(=O)C[C@H]1C. The van der Waals surface area contributed by atoms with Gasteiger partial charge in [0, 0.05) is 37.1 Å². The Balaban J connectivity index is 1.56. The van der Waals surface area contributed by atoms with Crippen molar-refractivity contribution in [2.45, 2.75) is 31.4 Å². The number of carbonyl (C=O) groups is 2. The summed E-state index contributed by atoms with van der Waals surface area (Å²) in [6, 6.07) is 5.54. The number of ketones is 2. The topological polar surface area (TPSA) is 180 Å². The molecular formula is C28H27ClN4O9S. The lowest BCUT2D eigenvalue weighted by molar-refractivity contribution is -0.118. The Bertz CT molecular complexity index is 1770. The number of pyridine rings is 1. The zero-order chi connectivity index (χ0) is 31.1. The lowest BCUT2D eigenvalue weighted by Gasteiger charge is -2.36. The van der Waals surface area contributed by atoms with Crippen molar-refractivity contribution < 1.29 is 41.8 Å². The molecule has 0 saturated heterocycles. The number of hydrogen-bond acceptors (Lipinski definition) is 13. The van der Waals surface area contributed by atoms with Gasteiger partial charge in [-0.05, 0) is 18.6 Å². The molecule has 0 radical (unpaired) electrons. The molecule has 0 bridgehead atoms. The van der Waals surface area contributed by atoms with Gasteiger partial charge in [0.05, 0.1) is 25.5 Å². The molecule has 5 rings (SSSR count). The van der Waals surface area contributed by atoms with Crippen LogP contribution in [0.4, 0.5) is 0 Å². The summed E-state index contributed by atoms with van der Waals surface area (Å²) in [5, 5.41) is 15.4. The minimum Gasteiger partial charge on any atom is -0.507 e. The molecule has 1 N–H and O–H groups in total. The van der Waals surface area contributed by atoms with Crippen molar-refractivity contribution in [3.63, 3.8) is 0 Å². The van der Waals surface area contributed by atoms with Crippen LogP contribution < -0.4 is 14.2 Å². The van der Waals surface area contributed by atoms with Gasteiger partial charge in [-0.15, -0.1) is 0 Å². The lowest BCUT2D eigenvalue weighted by Crippen LogP contribution is -2.52. The molecule has 15 heteroatoms. The molecule has 43 heavy (non-hydrogen) atoms. The molecule has 3 heterocycles. The second-order valence-corrected chi connectivity index (χ2v) is 12.8. The standard InChI is InChI=1S/C28H27ClN4O9S/c1-14-11-18(34)15(24(35)28(14)25(36)21-19(39-2)12-20(40-3)22(29)23(21)41-28)13-31-17(8-10-43(4,37)38)27-32-26(33-42-27)16-7-5-6-9-30-16/h5-7,9,12-14,17,35H,8,10-11H2,1-4H3/t14-,17?,28+/m1/s1. The van der Waals surface area contributed by atoms with E-state index in [1.165, 1.54) is 20.3 Å². The Labute approximate surface area is 251 Å². The Morgan fingerprint density at radius 3 is 2.65 bits per heavy atom. The van der Waals surface area contributed by atoms with Crippen LogP contribution in [0.25, 0.3) is 11.5 Å². The van der Waals surface area contributed by atoms with Crippen molar-refractivity contribution in [3.05, 3.63) is 58.3 Å². The second kappa shape index (κ2) is 11.4. The summed E-state index contributed by atoms with van der Waals surface area (Å²) in [4.78, 5) is 40.0. The molecule has 0 saturated carbocycles. The third-order valence-electron chi connectivity index (χ3n) is 7.28. The summed E-state index contributed by atoms with van der Waals surface area (Å²) in [6.45, 7) is 1.59. The number of Topliss-reactive ketones (excluding diaryl/α,β-unsaturated/α-hetero) is 2. The van der Waals surface area contributed by atoms with Gasteiger partial charge in [0.2, 0.25) is 17.2 Å². The van der Waals surface area contributed by atoms with Crippen LogP contribution in [-0.2, 0) is 14.6 Å². The first kappa shape index (κ1) is 30.2. The number of aliphatic hydroxyl groups is 1. The number of benzene rings is 1. The number of sulfone groups is 1. The highest BCUT2D eigenvalue weighted by molar-refractivity contribution is 7.90. The van der Waals surface area contributed by atoms with Gasteiger partial charge in [0.1, 0.15) is 43.7 Å². The van der Waals surface area contributed by atoms with Gasteiger partial charge in [-0.1, -0.05) is 29.7 Å². The van der Waals surface area contributed by atoms with Crippen LogP contribution in [0.1, 0.15) is 42.1 Å². The molecule has 226 valence electrons. The van der Waals surface area contributed by atoms with E-state index in [0.717, 1.165) is 12.5 Å². The molecule has 2 aromatic heterocycles. The minimum atomic E-state index is -3.42. The molecule has 1 aliphatic carbocycles. The van der Waals surface area contributed by atoms with Crippen molar-refractivity contribution >= 4 is 39.2 Å². The maximum Gasteiger partial charge on any atom is 0.251 e. The first-order valence-corrected chi connectivity index (χ1v) is 15.5. The molecule has 1 aromatic carbocycles. The summed E-state index contributed by atoms with van der Waals surface area (Å²) in [7, 11) is -0.678. The minimum absolute atomic E-state index is 0.00316. The van der Waals surface area contributed by atoms with Crippen molar-refractivity contribution in [1.82, 2.24) is 15.1 Å². The van der Waals surface area contributed by atoms with Crippen LogP contribution in [0.15, 0.2) is 51.3 Å². The number of carbonyl (C=O) groups excluding carboxylic acids is 2. The average molecular weight is 631 g/mol. The highest BCUT2D eigenvalue weighted by atomic mass is 35.5. The molecule has 13 nitrogen and oxygen atoms in total. The van der Waals surface area contributed by atoms with Crippen LogP contribution in [0.5, 0.6) is 17.2 Å². The summed E-state index contributed by atoms with van der Waals surface area (Å²) in [5.41, 5.74) is -1.88. The Hall–Kier alpha value is -4.30. The van der Waals surface area contributed by atoms with Gasteiger partial charge >= 0.3 is 0 Å². The predicted molar refractivity (Wildman–Crippen MR) is 154 cm³/mol.